The van der Waals surface area contributed by atoms with Gasteiger partial charge in [0.1, 0.15) is 12.4 Å². The minimum absolute atomic E-state index is 0.0309. The number of ether oxygens (including phenoxy) is 1. The molecule has 0 aliphatic carbocycles. The number of rotatable bonds is 5. The SMILES string of the molecule is Cc1noc(C)c1COC(=O)c1cccc(S(=O)(=O)N2CCCCC2)c1. The first kappa shape index (κ1) is 18.6. The molecule has 0 N–H and O–H groups in total. The van der Waals surface area contributed by atoms with E-state index >= 15 is 0 Å². The third-order valence-corrected chi connectivity index (χ3v) is 6.45. The minimum Gasteiger partial charge on any atom is -0.457 e. The Morgan fingerprint density at radius 1 is 1.23 bits per heavy atom. The summed E-state index contributed by atoms with van der Waals surface area (Å²) in [6, 6.07) is 5.99. The number of nitrogens with zero attached hydrogens (tertiary/aromatic N) is 2. The number of hydrogen-bond donors (Lipinski definition) is 0. The van der Waals surface area contributed by atoms with Crippen LogP contribution in [0.15, 0.2) is 33.7 Å². The zero-order chi connectivity index (χ0) is 18.7. The molecular formula is C18H22N2O5S. The Labute approximate surface area is 153 Å². The van der Waals surface area contributed by atoms with Crippen LogP contribution in [0.3, 0.4) is 0 Å². The second-order valence-electron chi connectivity index (χ2n) is 6.37. The second kappa shape index (κ2) is 7.59. The summed E-state index contributed by atoms with van der Waals surface area (Å²) in [5.74, 6) is 0.0115. The molecule has 7 nitrogen and oxygen atoms in total. The molecule has 0 bridgehead atoms. The summed E-state index contributed by atoms with van der Waals surface area (Å²) in [4.78, 5) is 12.5. The van der Waals surface area contributed by atoms with Gasteiger partial charge in [-0.05, 0) is 44.9 Å². The van der Waals surface area contributed by atoms with E-state index in [9.17, 15) is 13.2 Å². The van der Waals surface area contributed by atoms with E-state index in [0.29, 0.717) is 24.5 Å². The zero-order valence-corrected chi connectivity index (χ0v) is 15.7. The molecule has 1 saturated heterocycles. The van der Waals surface area contributed by atoms with E-state index < -0.39 is 16.0 Å². The fraction of sp³-hybridized carbons (Fsp3) is 0.444. The molecule has 0 amide bonds. The van der Waals surface area contributed by atoms with E-state index in [1.54, 1.807) is 26.0 Å². The third-order valence-electron chi connectivity index (χ3n) is 4.55. The Hall–Kier alpha value is -2.19. The molecule has 2 aromatic rings. The van der Waals surface area contributed by atoms with Crippen LogP contribution in [-0.4, -0.2) is 36.9 Å². The predicted molar refractivity (Wildman–Crippen MR) is 94.1 cm³/mol. The Balaban J connectivity index is 1.75. The van der Waals surface area contributed by atoms with Crippen molar-refractivity contribution in [2.75, 3.05) is 13.1 Å². The van der Waals surface area contributed by atoms with Crippen LogP contribution >= 0.6 is 0 Å². The molecule has 1 aromatic carbocycles. The van der Waals surface area contributed by atoms with Crippen molar-refractivity contribution < 1.29 is 22.5 Å². The molecule has 26 heavy (non-hydrogen) atoms. The van der Waals surface area contributed by atoms with Gasteiger partial charge in [-0.1, -0.05) is 17.6 Å². The smallest absolute Gasteiger partial charge is 0.338 e. The Morgan fingerprint density at radius 3 is 2.62 bits per heavy atom. The van der Waals surface area contributed by atoms with Gasteiger partial charge in [-0.15, -0.1) is 0 Å². The van der Waals surface area contributed by atoms with Crippen LogP contribution in [0.4, 0.5) is 0 Å². The van der Waals surface area contributed by atoms with Crippen LogP contribution in [0.2, 0.25) is 0 Å². The van der Waals surface area contributed by atoms with Gasteiger partial charge in [0, 0.05) is 13.1 Å². The lowest BCUT2D eigenvalue weighted by molar-refractivity contribution is 0.0470. The Morgan fingerprint density at radius 2 is 1.96 bits per heavy atom. The molecule has 2 heterocycles. The van der Waals surface area contributed by atoms with Crippen molar-refractivity contribution in [1.29, 1.82) is 0 Å². The number of benzene rings is 1. The van der Waals surface area contributed by atoms with Gasteiger partial charge in [-0.25, -0.2) is 13.2 Å². The number of sulfonamides is 1. The fourth-order valence-electron chi connectivity index (χ4n) is 2.97. The quantitative estimate of drug-likeness (QED) is 0.743. The highest BCUT2D eigenvalue weighted by Crippen LogP contribution is 2.22. The zero-order valence-electron chi connectivity index (χ0n) is 14.9. The molecule has 1 fully saturated rings. The number of aryl methyl sites for hydroxylation is 2. The summed E-state index contributed by atoms with van der Waals surface area (Å²) >= 11 is 0. The standard InChI is InChI=1S/C18H22N2O5S/c1-13-17(14(2)25-19-13)12-24-18(21)15-7-6-8-16(11-15)26(22,23)20-9-4-3-5-10-20/h6-8,11H,3-5,9-10,12H2,1-2H3. The lowest BCUT2D eigenvalue weighted by Gasteiger charge is -2.25. The first-order valence-electron chi connectivity index (χ1n) is 8.58. The monoisotopic (exact) mass is 378 g/mol. The van der Waals surface area contributed by atoms with E-state index in [2.05, 4.69) is 5.16 Å². The maximum Gasteiger partial charge on any atom is 0.338 e. The van der Waals surface area contributed by atoms with Crippen LogP contribution in [-0.2, 0) is 21.4 Å². The molecule has 140 valence electrons. The van der Waals surface area contributed by atoms with Crippen LogP contribution in [0.5, 0.6) is 0 Å². The fourth-order valence-corrected chi connectivity index (χ4v) is 4.53. The van der Waals surface area contributed by atoms with Crippen LogP contribution in [0.25, 0.3) is 0 Å². The molecule has 0 radical (unpaired) electrons. The summed E-state index contributed by atoms with van der Waals surface area (Å²) in [7, 11) is -3.59. The number of carbonyl (C=O) groups excluding carboxylic acids is 1. The topological polar surface area (TPSA) is 89.7 Å². The Kier molecular flexibility index (Phi) is 5.43. The van der Waals surface area contributed by atoms with Gasteiger partial charge < -0.3 is 9.26 Å². The van der Waals surface area contributed by atoms with E-state index in [1.165, 1.54) is 16.4 Å². The van der Waals surface area contributed by atoms with Crippen molar-refractivity contribution in [3.05, 3.63) is 46.8 Å². The number of hydrogen-bond acceptors (Lipinski definition) is 6. The summed E-state index contributed by atoms with van der Waals surface area (Å²) < 4.78 is 37.3. The molecule has 0 saturated carbocycles. The average Bonchev–Trinajstić information content (AvgIpc) is 2.98. The van der Waals surface area contributed by atoms with Crippen molar-refractivity contribution in [2.45, 2.75) is 44.6 Å². The molecule has 0 atom stereocenters. The number of aromatic nitrogens is 1. The van der Waals surface area contributed by atoms with Crippen LogP contribution in [0, 0.1) is 13.8 Å². The third kappa shape index (κ3) is 3.81. The minimum atomic E-state index is -3.59. The number of carbonyl (C=O) groups is 1. The summed E-state index contributed by atoms with van der Waals surface area (Å²) in [6.07, 6.45) is 2.76. The van der Waals surface area contributed by atoms with Crippen molar-refractivity contribution in [1.82, 2.24) is 9.46 Å². The molecule has 0 spiro atoms. The lowest BCUT2D eigenvalue weighted by Crippen LogP contribution is -2.35. The van der Waals surface area contributed by atoms with Gasteiger partial charge in [0.25, 0.3) is 0 Å². The van der Waals surface area contributed by atoms with Crippen LogP contribution < -0.4 is 0 Å². The molecule has 1 aromatic heterocycles. The van der Waals surface area contributed by atoms with Crippen molar-refractivity contribution in [3.63, 3.8) is 0 Å². The average molecular weight is 378 g/mol. The van der Waals surface area contributed by atoms with E-state index in [0.717, 1.165) is 24.8 Å². The van der Waals surface area contributed by atoms with Gasteiger partial charge in [-0.3, -0.25) is 0 Å². The van der Waals surface area contributed by atoms with Crippen molar-refractivity contribution in [3.8, 4) is 0 Å². The summed E-state index contributed by atoms with van der Waals surface area (Å²) in [5.41, 5.74) is 1.59. The highest BCUT2D eigenvalue weighted by molar-refractivity contribution is 7.89. The van der Waals surface area contributed by atoms with Crippen LogP contribution in [0.1, 0.15) is 46.6 Å². The maximum atomic E-state index is 12.7. The largest absolute Gasteiger partial charge is 0.457 e. The first-order chi connectivity index (χ1) is 12.4. The first-order valence-corrected chi connectivity index (χ1v) is 10.0. The van der Waals surface area contributed by atoms with E-state index in [-0.39, 0.29) is 17.1 Å². The summed E-state index contributed by atoms with van der Waals surface area (Å²) in [5, 5.41) is 3.81. The van der Waals surface area contributed by atoms with Crippen molar-refractivity contribution >= 4 is 16.0 Å². The van der Waals surface area contributed by atoms with Gasteiger partial charge in [0.05, 0.1) is 21.7 Å². The van der Waals surface area contributed by atoms with Gasteiger partial charge >= 0.3 is 5.97 Å². The van der Waals surface area contributed by atoms with Gasteiger partial charge in [-0.2, -0.15) is 4.31 Å². The van der Waals surface area contributed by atoms with Gasteiger partial charge in [0.15, 0.2) is 0 Å². The number of piperidine rings is 1. The van der Waals surface area contributed by atoms with E-state index in [4.69, 9.17) is 9.26 Å². The second-order valence-corrected chi connectivity index (χ2v) is 8.31. The summed E-state index contributed by atoms with van der Waals surface area (Å²) in [6.45, 7) is 4.58. The Bertz CT molecular complexity index is 879. The molecule has 0 unspecified atom stereocenters. The molecule has 3 rings (SSSR count). The van der Waals surface area contributed by atoms with Crippen molar-refractivity contribution in [2.24, 2.45) is 0 Å². The lowest BCUT2D eigenvalue weighted by atomic mass is 10.2. The van der Waals surface area contributed by atoms with E-state index in [1.807, 2.05) is 0 Å². The van der Waals surface area contributed by atoms with Gasteiger partial charge in [0.2, 0.25) is 10.0 Å². The maximum absolute atomic E-state index is 12.7. The molecule has 8 heteroatoms. The highest BCUT2D eigenvalue weighted by atomic mass is 32.2. The number of esters is 1. The molecule has 1 aliphatic heterocycles. The molecular weight excluding hydrogens is 356 g/mol. The predicted octanol–water partition coefficient (Wildman–Crippen LogP) is 2.82. The normalized spacial score (nSPS) is 15.8. The molecule has 1 aliphatic rings. The highest BCUT2D eigenvalue weighted by Gasteiger charge is 2.26.